The number of para-hydroxylation sites is 1. The number of benzene rings is 2. The van der Waals surface area contributed by atoms with Gasteiger partial charge in [-0.3, -0.25) is 0 Å². The quantitative estimate of drug-likeness (QED) is 0.515. The third-order valence-electron chi connectivity index (χ3n) is 4.52. The van der Waals surface area contributed by atoms with Gasteiger partial charge in [-0.05, 0) is 18.6 Å². The fourth-order valence-electron chi connectivity index (χ4n) is 3.18. The highest BCUT2D eigenvalue weighted by Gasteiger charge is 2.10. The fraction of sp³-hybridized carbons (Fsp3) is 0.100. The first kappa shape index (κ1) is 15.5. The Morgan fingerprint density at radius 3 is 2.78 bits per heavy atom. The Hall–Kier alpha value is -3.74. The molecule has 7 heteroatoms. The molecule has 3 aromatic heterocycles. The first-order valence-corrected chi connectivity index (χ1v) is 8.72. The second-order valence-electron chi connectivity index (χ2n) is 6.37. The van der Waals surface area contributed by atoms with Gasteiger partial charge in [-0.2, -0.15) is 14.6 Å². The Bertz CT molecular complexity index is 1240. The summed E-state index contributed by atoms with van der Waals surface area (Å²) >= 11 is 0. The highest BCUT2D eigenvalue weighted by molar-refractivity contribution is 5.78. The topological polar surface area (TPSA) is 83.8 Å². The summed E-state index contributed by atoms with van der Waals surface area (Å²) in [6.07, 6.45) is 1.51. The monoisotopic (exact) mass is 355 g/mol. The van der Waals surface area contributed by atoms with Gasteiger partial charge in [0, 0.05) is 11.6 Å². The zero-order valence-electron chi connectivity index (χ0n) is 14.7. The van der Waals surface area contributed by atoms with Gasteiger partial charge in [0.05, 0.1) is 23.3 Å². The lowest BCUT2D eigenvalue weighted by atomic mass is 10.1. The fourth-order valence-corrected chi connectivity index (χ4v) is 3.18. The molecule has 0 amide bonds. The highest BCUT2D eigenvalue weighted by Crippen LogP contribution is 2.22. The van der Waals surface area contributed by atoms with Crippen molar-refractivity contribution in [3.8, 4) is 11.3 Å². The average Bonchev–Trinajstić information content (AvgIpc) is 3.34. The molecule has 5 rings (SSSR count). The molecule has 5 aromatic rings. The van der Waals surface area contributed by atoms with Crippen LogP contribution in [0.1, 0.15) is 11.4 Å². The minimum atomic E-state index is 0.543. The summed E-state index contributed by atoms with van der Waals surface area (Å²) in [7, 11) is 0. The van der Waals surface area contributed by atoms with Crippen molar-refractivity contribution in [1.29, 1.82) is 0 Å². The van der Waals surface area contributed by atoms with E-state index in [2.05, 4.69) is 38.4 Å². The maximum Gasteiger partial charge on any atom is 0.254 e. The minimum Gasteiger partial charge on any atom is -0.363 e. The van der Waals surface area contributed by atoms with Crippen LogP contribution in [0.15, 0.2) is 60.9 Å². The van der Waals surface area contributed by atoms with Gasteiger partial charge in [-0.25, -0.2) is 9.97 Å². The van der Waals surface area contributed by atoms with Crippen molar-refractivity contribution in [2.75, 3.05) is 5.32 Å². The van der Waals surface area contributed by atoms with Crippen LogP contribution in [-0.4, -0.2) is 29.5 Å². The second kappa shape index (κ2) is 6.21. The van der Waals surface area contributed by atoms with Crippen molar-refractivity contribution in [1.82, 2.24) is 29.5 Å². The Morgan fingerprint density at radius 1 is 1.04 bits per heavy atom. The van der Waals surface area contributed by atoms with E-state index < -0.39 is 0 Å². The van der Waals surface area contributed by atoms with Crippen LogP contribution in [0.25, 0.3) is 28.1 Å². The van der Waals surface area contributed by atoms with E-state index in [1.54, 1.807) is 4.52 Å². The summed E-state index contributed by atoms with van der Waals surface area (Å²) in [6, 6.07) is 18.1. The second-order valence-corrected chi connectivity index (χ2v) is 6.37. The summed E-state index contributed by atoms with van der Waals surface area (Å²) in [6.45, 7) is 2.61. The van der Waals surface area contributed by atoms with E-state index in [9.17, 15) is 0 Å². The van der Waals surface area contributed by atoms with E-state index in [0.717, 1.165) is 39.5 Å². The SMILES string of the molecule is Cc1cccc2[nH]c(CNc3cc(-c4ccccc4)nc4ncnn34)nc12. The van der Waals surface area contributed by atoms with E-state index in [1.807, 2.05) is 48.5 Å². The van der Waals surface area contributed by atoms with Crippen LogP contribution in [0.2, 0.25) is 0 Å². The van der Waals surface area contributed by atoms with E-state index in [0.29, 0.717) is 12.3 Å². The van der Waals surface area contributed by atoms with Crippen LogP contribution in [0.4, 0.5) is 5.82 Å². The van der Waals surface area contributed by atoms with Crippen LogP contribution in [0.3, 0.4) is 0 Å². The standard InChI is InChI=1S/C20H17N7/c1-13-6-5-9-15-19(13)26-17(24-15)11-21-18-10-16(14-7-3-2-4-8-14)25-20-22-12-23-27(18)20/h2-10,12,21H,11H2,1H3,(H,24,26). The number of fused-ring (bicyclic) bond motifs is 2. The molecule has 27 heavy (non-hydrogen) atoms. The van der Waals surface area contributed by atoms with Crippen LogP contribution in [-0.2, 0) is 6.54 Å². The minimum absolute atomic E-state index is 0.543. The summed E-state index contributed by atoms with van der Waals surface area (Å²) in [5, 5.41) is 7.68. The average molecular weight is 355 g/mol. The normalized spacial score (nSPS) is 11.3. The van der Waals surface area contributed by atoms with E-state index >= 15 is 0 Å². The van der Waals surface area contributed by atoms with Crippen molar-refractivity contribution in [2.45, 2.75) is 13.5 Å². The van der Waals surface area contributed by atoms with Crippen LogP contribution in [0, 0.1) is 6.92 Å². The van der Waals surface area contributed by atoms with Crippen molar-refractivity contribution in [3.05, 3.63) is 72.3 Å². The Morgan fingerprint density at radius 2 is 1.93 bits per heavy atom. The first-order valence-electron chi connectivity index (χ1n) is 8.72. The summed E-state index contributed by atoms with van der Waals surface area (Å²) < 4.78 is 1.69. The van der Waals surface area contributed by atoms with E-state index in [-0.39, 0.29) is 0 Å². The predicted octanol–water partition coefficient (Wildman–Crippen LogP) is 3.59. The zero-order valence-corrected chi connectivity index (χ0v) is 14.7. The molecule has 0 spiro atoms. The Kier molecular flexibility index (Phi) is 3.57. The lowest BCUT2D eigenvalue weighted by Gasteiger charge is -2.09. The van der Waals surface area contributed by atoms with Gasteiger partial charge in [0.25, 0.3) is 5.78 Å². The molecule has 0 bridgehead atoms. The molecule has 0 unspecified atom stereocenters. The number of anilines is 1. The first-order chi connectivity index (χ1) is 13.3. The molecular formula is C20H17N7. The summed E-state index contributed by atoms with van der Waals surface area (Å²) in [5.74, 6) is 2.23. The molecular weight excluding hydrogens is 338 g/mol. The number of aromatic amines is 1. The lowest BCUT2D eigenvalue weighted by Crippen LogP contribution is -2.07. The summed E-state index contributed by atoms with van der Waals surface area (Å²) in [5.41, 5.74) is 5.07. The largest absolute Gasteiger partial charge is 0.363 e. The van der Waals surface area contributed by atoms with Gasteiger partial charge in [0.15, 0.2) is 0 Å². The number of imidazole rings is 1. The van der Waals surface area contributed by atoms with Crippen LogP contribution >= 0.6 is 0 Å². The number of H-pyrrole nitrogens is 1. The molecule has 0 aliphatic heterocycles. The highest BCUT2D eigenvalue weighted by atomic mass is 15.4. The van der Waals surface area contributed by atoms with E-state index in [4.69, 9.17) is 4.98 Å². The number of nitrogens with one attached hydrogen (secondary N) is 2. The molecule has 7 nitrogen and oxygen atoms in total. The molecule has 2 N–H and O–H groups in total. The molecule has 2 aromatic carbocycles. The predicted molar refractivity (Wildman–Crippen MR) is 104 cm³/mol. The molecule has 132 valence electrons. The third-order valence-corrected chi connectivity index (χ3v) is 4.52. The van der Waals surface area contributed by atoms with Gasteiger partial charge in [-0.15, -0.1) is 0 Å². The molecule has 0 radical (unpaired) electrons. The number of hydrogen-bond donors (Lipinski definition) is 2. The maximum absolute atomic E-state index is 4.70. The van der Waals surface area contributed by atoms with Crippen molar-refractivity contribution >= 4 is 22.6 Å². The third kappa shape index (κ3) is 2.79. The number of rotatable bonds is 4. The van der Waals surface area contributed by atoms with Gasteiger partial charge < -0.3 is 10.3 Å². The number of aromatic nitrogens is 6. The van der Waals surface area contributed by atoms with Gasteiger partial charge in [0.1, 0.15) is 18.0 Å². The lowest BCUT2D eigenvalue weighted by molar-refractivity contribution is 0.910. The van der Waals surface area contributed by atoms with Crippen LogP contribution < -0.4 is 5.32 Å². The molecule has 0 fully saturated rings. The molecule has 0 atom stereocenters. The zero-order chi connectivity index (χ0) is 18.2. The van der Waals surface area contributed by atoms with Gasteiger partial charge >= 0.3 is 0 Å². The molecule has 0 aliphatic rings. The van der Waals surface area contributed by atoms with Crippen molar-refractivity contribution in [2.24, 2.45) is 0 Å². The molecule has 0 aliphatic carbocycles. The van der Waals surface area contributed by atoms with Crippen molar-refractivity contribution < 1.29 is 0 Å². The molecule has 3 heterocycles. The van der Waals surface area contributed by atoms with Crippen LogP contribution in [0.5, 0.6) is 0 Å². The van der Waals surface area contributed by atoms with Gasteiger partial charge in [-0.1, -0.05) is 42.5 Å². The number of hydrogen-bond acceptors (Lipinski definition) is 5. The number of nitrogens with zero attached hydrogens (tertiary/aromatic N) is 5. The Labute approximate surface area is 155 Å². The molecule has 0 saturated carbocycles. The van der Waals surface area contributed by atoms with E-state index in [1.165, 1.54) is 6.33 Å². The summed E-state index contributed by atoms with van der Waals surface area (Å²) in [4.78, 5) is 16.9. The number of aryl methyl sites for hydroxylation is 1. The Balaban J connectivity index is 1.50. The van der Waals surface area contributed by atoms with Gasteiger partial charge in [0.2, 0.25) is 0 Å². The van der Waals surface area contributed by atoms with Crippen molar-refractivity contribution in [3.63, 3.8) is 0 Å². The smallest absolute Gasteiger partial charge is 0.254 e. The maximum atomic E-state index is 4.70. The molecule has 0 saturated heterocycles.